The summed E-state index contributed by atoms with van der Waals surface area (Å²) < 4.78 is 26.9. The summed E-state index contributed by atoms with van der Waals surface area (Å²) in [7, 11) is 0. The molecule has 0 fully saturated rings. The van der Waals surface area contributed by atoms with Gasteiger partial charge < -0.3 is 5.11 Å². The molecular weight excluding hydrogens is 286 g/mol. The second-order valence-electron chi connectivity index (χ2n) is 4.02. The van der Waals surface area contributed by atoms with Gasteiger partial charge in [-0.3, -0.25) is 15.4 Å². The summed E-state index contributed by atoms with van der Waals surface area (Å²) in [5, 5.41) is 21.4. The number of rotatable bonds is 3. The Bertz CT molecular complexity index is 734. The molecule has 21 heavy (non-hydrogen) atoms. The number of benzene rings is 2. The van der Waals surface area contributed by atoms with Crippen LogP contribution in [0, 0.1) is 21.7 Å². The van der Waals surface area contributed by atoms with Crippen molar-refractivity contribution in [2.24, 2.45) is 0 Å². The minimum atomic E-state index is -1.47. The van der Waals surface area contributed by atoms with E-state index < -0.39 is 28.3 Å². The number of carboxylic acid groups (broad SMARTS) is 1. The normalized spacial score (nSPS) is 10.2. The van der Waals surface area contributed by atoms with Gasteiger partial charge >= 0.3 is 6.09 Å². The second-order valence-corrected chi connectivity index (χ2v) is 4.02. The first kappa shape index (κ1) is 14.4. The summed E-state index contributed by atoms with van der Waals surface area (Å²) in [5.41, 5.74) is -0.902. The van der Waals surface area contributed by atoms with Crippen LogP contribution in [0.25, 0.3) is 11.1 Å². The molecule has 0 aliphatic heterocycles. The Morgan fingerprint density at radius 1 is 1.24 bits per heavy atom. The molecular formula is C13H8F2N2O4. The Morgan fingerprint density at radius 3 is 2.57 bits per heavy atom. The number of hydrogen-bond donors (Lipinski definition) is 2. The molecule has 8 heteroatoms. The molecule has 6 nitrogen and oxygen atoms in total. The first-order chi connectivity index (χ1) is 9.90. The molecule has 0 saturated carbocycles. The Balaban J connectivity index is 2.57. The monoisotopic (exact) mass is 294 g/mol. The van der Waals surface area contributed by atoms with Crippen LogP contribution in [0.5, 0.6) is 0 Å². The fourth-order valence-corrected chi connectivity index (χ4v) is 1.80. The van der Waals surface area contributed by atoms with E-state index in [1.807, 2.05) is 5.32 Å². The second kappa shape index (κ2) is 5.53. The van der Waals surface area contributed by atoms with Gasteiger partial charge in [0, 0.05) is 11.6 Å². The zero-order valence-electron chi connectivity index (χ0n) is 10.3. The van der Waals surface area contributed by atoms with Crippen molar-refractivity contribution >= 4 is 17.5 Å². The molecule has 2 aromatic carbocycles. The highest BCUT2D eigenvalue weighted by atomic mass is 19.2. The van der Waals surface area contributed by atoms with E-state index in [2.05, 4.69) is 0 Å². The molecule has 0 bridgehead atoms. The number of anilines is 1. The molecule has 1 amide bonds. The topological polar surface area (TPSA) is 92.5 Å². The number of halogens is 2. The van der Waals surface area contributed by atoms with Gasteiger partial charge in [-0.05, 0) is 17.7 Å². The zero-order valence-corrected chi connectivity index (χ0v) is 10.3. The Hall–Kier alpha value is -3.03. The van der Waals surface area contributed by atoms with Crippen LogP contribution >= 0.6 is 0 Å². The van der Waals surface area contributed by atoms with Gasteiger partial charge in [0.25, 0.3) is 5.69 Å². The number of nitrogens with one attached hydrogen (secondary N) is 1. The fourth-order valence-electron chi connectivity index (χ4n) is 1.80. The van der Waals surface area contributed by atoms with E-state index in [1.54, 1.807) is 0 Å². The van der Waals surface area contributed by atoms with Crippen LogP contribution < -0.4 is 5.32 Å². The molecule has 0 aromatic heterocycles. The third kappa shape index (κ3) is 2.94. The van der Waals surface area contributed by atoms with Crippen molar-refractivity contribution in [3.63, 3.8) is 0 Å². The summed E-state index contributed by atoms with van der Waals surface area (Å²) >= 11 is 0. The van der Waals surface area contributed by atoms with E-state index in [0.29, 0.717) is 0 Å². The molecule has 0 radical (unpaired) electrons. The van der Waals surface area contributed by atoms with E-state index >= 15 is 0 Å². The summed E-state index contributed by atoms with van der Waals surface area (Å²) in [6, 6.07) is 6.81. The number of nitro groups is 1. The smallest absolute Gasteiger partial charge is 0.409 e. The first-order valence-corrected chi connectivity index (χ1v) is 5.63. The van der Waals surface area contributed by atoms with Gasteiger partial charge in [-0.2, -0.15) is 0 Å². The summed E-state index contributed by atoms with van der Waals surface area (Å²) in [6.45, 7) is 0. The van der Waals surface area contributed by atoms with E-state index in [1.165, 1.54) is 18.2 Å². The lowest BCUT2D eigenvalue weighted by molar-refractivity contribution is -0.383. The van der Waals surface area contributed by atoms with Gasteiger partial charge in [-0.25, -0.2) is 13.6 Å². The number of hydrogen-bond acceptors (Lipinski definition) is 3. The molecule has 2 N–H and O–H groups in total. The number of amides is 1. The van der Waals surface area contributed by atoms with Gasteiger partial charge in [0.1, 0.15) is 5.69 Å². The van der Waals surface area contributed by atoms with Crippen molar-refractivity contribution < 1.29 is 23.6 Å². The molecule has 108 valence electrons. The standard InChI is InChI=1S/C13H8F2N2O4/c14-9-3-1-2-8(12(9)15)7-4-5-10(16-13(18)19)11(6-7)17(20)21/h1-6,16H,(H,18,19). The minimum absolute atomic E-state index is 0.0645. The Kier molecular flexibility index (Phi) is 3.79. The first-order valence-electron chi connectivity index (χ1n) is 5.63. The molecule has 2 rings (SSSR count). The van der Waals surface area contributed by atoms with Crippen molar-refractivity contribution in [1.29, 1.82) is 0 Å². The lowest BCUT2D eigenvalue weighted by atomic mass is 10.0. The molecule has 0 unspecified atom stereocenters. The average Bonchev–Trinajstić information content (AvgIpc) is 2.41. The summed E-state index contributed by atoms with van der Waals surface area (Å²) in [5.74, 6) is -2.21. The van der Waals surface area contributed by atoms with Crippen LogP contribution in [-0.4, -0.2) is 16.1 Å². The minimum Gasteiger partial charge on any atom is -0.465 e. The van der Waals surface area contributed by atoms with Crippen LogP contribution in [0.2, 0.25) is 0 Å². The van der Waals surface area contributed by atoms with Crippen molar-refractivity contribution in [1.82, 2.24) is 0 Å². The lowest BCUT2D eigenvalue weighted by Gasteiger charge is -2.07. The highest BCUT2D eigenvalue weighted by molar-refractivity contribution is 5.87. The van der Waals surface area contributed by atoms with Gasteiger partial charge in [0.15, 0.2) is 11.6 Å². The van der Waals surface area contributed by atoms with E-state index in [9.17, 15) is 23.7 Å². The Labute approximate surface area is 116 Å². The van der Waals surface area contributed by atoms with Crippen molar-refractivity contribution in [3.8, 4) is 11.1 Å². The quantitative estimate of drug-likeness (QED) is 0.667. The van der Waals surface area contributed by atoms with Crippen LogP contribution in [0.4, 0.5) is 25.0 Å². The Morgan fingerprint density at radius 2 is 1.95 bits per heavy atom. The maximum absolute atomic E-state index is 13.7. The van der Waals surface area contributed by atoms with Gasteiger partial charge in [-0.1, -0.05) is 18.2 Å². The largest absolute Gasteiger partial charge is 0.465 e. The summed E-state index contributed by atoms with van der Waals surface area (Å²) in [6.07, 6.45) is -1.47. The third-order valence-electron chi connectivity index (χ3n) is 2.70. The number of nitrogens with zero attached hydrogens (tertiary/aromatic N) is 1. The van der Waals surface area contributed by atoms with Crippen LogP contribution in [0.15, 0.2) is 36.4 Å². The molecule has 2 aromatic rings. The molecule has 0 spiro atoms. The molecule has 0 atom stereocenters. The predicted molar refractivity (Wildman–Crippen MR) is 70.1 cm³/mol. The summed E-state index contributed by atoms with van der Waals surface area (Å²) in [4.78, 5) is 20.7. The van der Waals surface area contributed by atoms with Gasteiger partial charge in [0.2, 0.25) is 0 Å². The zero-order chi connectivity index (χ0) is 15.6. The predicted octanol–water partition coefficient (Wildman–Crippen LogP) is 3.63. The third-order valence-corrected chi connectivity index (χ3v) is 2.70. The van der Waals surface area contributed by atoms with Crippen molar-refractivity contribution in [3.05, 3.63) is 58.1 Å². The maximum Gasteiger partial charge on any atom is 0.409 e. The van der Waals surface area contributed by atoms with Crippen LogP contribution in [0.1, 0.15) is 0 Å². The highest BCUT2D eigenvalue weighted by Crippen LogP contribution is 2.32. The lowest BCUT2D eigenvalue weighted by Crippen LogP contribution is -2.09. The van der Waals surface area contributed by atoms with Gasteiger partial charge in [0.05, 0.1) is 4.92 Å². The van der Waals surface area contributed by atoms with Crippen molar-refractivity contribution in [2.75, 3.05) is 5.32 Å². The molecule has 0 saturated heterocycles. The van der Waals surface area contributed by atoms with Crippen molar-refractivity contribution in [2.45, 2.75) is 0 Å². The van der Waals surface area contributed by atoms with Crippen LogP contribution in [0.3, 0.4) is 0 Å². The fraction of sp³-hybridized carbons (Fsp3) is 0. The maximum atomic E-state index is 13.7. The average molecular weight is 294 g/mol. The van der Waals surface area contributed by atoms with E-state index in [4.69, 9.17) is 5.11 Å². The van der Waals surface area contributed by atoms with Gasteiger partial charge in [-0.15, -0.1) is 0 Å². The SMILES string of the molecule is O=C(O)Nc1ccc(-c2cccc(F)c2F)cc1[N+](=O)[O-]. The van der Waals surface area contributed by atoms with E-state index in [0.717, 1.165) is 18.2 Å². The molecule has 0 aliphatic rings. The number of nitro benzene ring substituents is 1. The highest BCUT2D eigenvalue weighted by Gasteiger charge is 2.19. The molecule has 0 heterocycles. The van der Waals surface area contributed by atoms with E-state index in [-0.39, 0.29) is 16.8 Å². The van der Waals surface area contributed by atoms with Crippen LogP contribution in [-0.2, 0) is 0 Å². The number of carbonyl (C=O) groups is 1. The molecule has 0 aliphatic carbocycles.